The fourth-order valence-corrected chi connectivity index (χ4v) is 0. The molecule has 0 nitrogen and oxygen atoms in total. The van der Waals surface area contributed by atoms with Crippen LogP contribution < -0.4 is 0 Å². The molecule has 0 saturated carbocycles. The maximum atomic E-state index is 3.36. The van der Waals surface area contributed by atoms with Crippen LogP contribution in [0.2, 0.25) is 0 Å². The summed E-state index contributed by atoms with van der Waals surface area (Å²) >= 11 is 0. The van der Waals surface area contributed by atoms with E-state index in [9.17, 15) is 0 Å². The van der Waals surface area contributed by atoms with Crippen LogP contribution >= 0.6 is 0 Å². The number of halogens is 1. The lowest BCUT2D eigenvalue weighted by molar-refractivity contribution is 1.11. The van der Waals surface area contributed by atoms with Gasteiger partial charge in [-0.15, -0.1) is 39.5 Å². The molecule has 0 radical (unpaired) electrons. The van der Waals surface area contributed by atoms with Crippen molar-refractivity contribution in [2.75, 3.05) is 0 Å². The van der Waals surface area contributed by atoms with E-state index < -0.39 is 0 Å². The van der Waals surface area contributed by atoms with Crippen molar-refractivity contribution >= 4 is 0 Å². The van der Waals surface area contributed by atoms with Crippen LogP contribution in [-0.4, -0.2) is 0 Å². The lowest BCUT2D eigenvalue weighted by Crippen LogP contribution is -1.07. The van der Waals surface area contributed by atoms with Crippen LogP contribution in [0.25, 0.3) is 0 Å². The van der Waals surface area contributed by atoms with Gasteiger partial charge in [-0.2, -0.15) is 0 Å². The molecule has 0 aromatic rings. The van der Waals surface area contributed by atoms with Crippen molar-refractivity contribution in [3.8, 4) is 0 Å². The van der Waals surface area contributed by atoms with Crippen molar-refractivity contribution in [2.24, 2.45) is 0 Å². The van der Waals surface area contributed by atoms with Gasteiger partial charge in [0.15, 0.2) is 0 Å². The van der Waals surface area contributed by atoms with Crippen LogP contribution in [0, 0.1) is 0 Å². The molecule has 0 aliphatic carbocycles. The molecule has 0 aliphatic heterocycles. The van der Waals surface area contributed by atoms with Gasteiger partial charge in [0.05, 0.1) is 0 Å². The Labute approximate surface area is 123 Å². The Hall–Kier alpha value is -1.63. The Bertz CT molecular complexity index is 97.2. The molecule has 0 aromatic carbocycles. The van der Waals surface area contributed by atoms with Gasteiger partial charge >= 0.3 is 0 Å². The largest absolute Gasteiger partial charge is 0.269 e. The lowest BCUT2D eigenvalue weighted by Gasteiger charge is -1.31. The lowest BCUT2D eigenvalue weighted by atomic mass is 10.8. The number of rotatable bonds is 0. The third kappa shape index (κ3) is 1270. The standard InChI is InChI=1S/6C3H6.FH/c6*1-3-2;/h6*3H,1H2,2H3;1H. The molecule has 0 spiro atoms. The number of allylic oxidation sites excluding steroid dienone is 6. The van der Waals surface area contributed by atoms with Crippen LogP contribution in [0.15, 0.2) is 75.9 Å². The number of hydrogen-bond donors (Lipinski definition) is 0. The molecule has 116 valence electrons. The van der Waals surface area contributed by atoms with Crippen LogP contribution in [0.4, 0.5) is 4.70 Å². The minimum absolute atomic E-state index is 0. The van der Waals surface area contributed by atoms with E-state index in [4.69, 9.17) is 0 Å². The SMILES string of the molecule is C=CC.C=CC.C=CC.C=CC.C=CC.C=CC.F. The second kappa shape index (κ2) is 203. The maximum Gasteiger partial charge on any atom is -0.0473 e. The first-order chi connectivity index (χ1) is 8.49. The Morgan fingerprint density at radius 1 is 0.368 bits per heavy atom. The summed E-state index contributed by atoms with van der Waals surface area (Å²) < 4.78 is 0. The van der Waals surface area contributed by atoms with E-state index in [1.165, 1.54) is 0 Å². The Morgan fingerprint density at radius 2 is 0.368 bits per heavy atom. The van der Waals surface area contributed by atoms with Crippen molar-refractivity contribution in [2.45, 2.75) is 41.5 Å². The predicted molar refractivity (Wildman–Crippen MR) is 97.7 cm³/mol. The Morgan fingerprint density at radius 3 is 0.368 bits per heavy atom. The van der Waals surface area contributed by atoms with Gasteiger partial charge in [0, 0.05) is 0 Å². The molecule has 0 saturated heterocycles. The van der Waals surface area contributed by atoms with Crippen LogP contribution in [-0.2, 0) is 0 Å². The molecule has 0 N–H and O–H groups in total. The van der Waals surface area contributed by atoms with Crippen molar-refractivity contribution < 1.29 is 4.70 Å². The summed E-state index contributed by atoms with van der Waals surface area (Å²) in [5.74, 6) is 0. The van der Waals surface area contributed by atoms with E-state index in [1.54, 1.807) is 36.5 Å². The minimum atomic E-state index is 0. The molecule has 0 fully saturated rings. The van der Waals surface area contributed by atoms with Gasteiger partial charge in [0.25, 0.3) is 0 Å². The molecule has 0 rings (SSSR count). The van der Waals surface area contributed by atoms with Crippen molar-refractivity contribution in [3.05, 3.63) is 75.9 Å². The summed E-state index contributed by atoms with van der Waals surface area (Å²) in [4.78, 5) is 0. The monoisotopic (exact) mass is 272 g/mol. The minimum Gasteiger partial charge on any atom is -0.269 e. The molecule has 1 heteroatoms. The Kier molecular flexibility index (Phi) is 461. The highest BCUT2D eigenvalue weighted by Gasteiger charge is 1.16. The van der Waals surface area contributed by atoms with Gasteiger partial charge in [-0.25, -0.2) is 0 Å². The summed E-state index contributed by atoms with van der Waals surface area (Å²) in [5, 5.41) is 0. The van der Waals surface area contributed by atoms with E-state index >= 15 is 0 Å². The summed E-state index contributed by atoms with van der Waals surface area (Å²) in [6, 6.07) is 0. The van der Waals surface area contributed by atoms with Crippen molar-refractivity contribution in [1.82, 2.24) is 0 Å². The molecule has 0 amide bonds. The van der Waals surface area contributed by atoms with E-state index in [0.29, 0.717) is 0 Å². The zero-order chi connectivity index (χ0) is 16.2. The zero-order valence-electron chi connectivity index (χ0n) is 14.1. The highest BCUT2D eigenvalue weighted by molar-refractivity contribution is 4.53. The topological polar surface area (TPSA) is 0 Å². The van der Waals surface area contributed by atoms with Crippen LogP contribution in [0.3, 0.4) is 0 Å². The van der Waals surface area contributed by atoms with Crippen molar-refractivity contribution in [3.63, 3.8) is 0 Å². The third-order valence-electron chi connectivity index (χ3n) is 0. The second-order valence-electron chi connectivity index (χ2n) is 2.45. The molecule has 0 heterocycles. The summed E-state index contributed by atoms with van der Waals surface area (Å²) in [7, 11) is 0. The third-order valence-corrected chi connectivity index (χ3v) is 0. The quantitative estimate of drug-likeness (QED) is 0.406. The summed E-state index contributed by atoms with van der Waals surface area (Å²) in [6.07, 6.45) is 10.5. The smallest absolute Gasteiger partial charge is 0.0473 e. The molecule has 0 atom stereocenters. The highest BCUT2D eigenvalue weighted by Crippen LogP contribution is 1.39. The molecule has 0 unspecified atom stereocenters. The van der Waals surface area contributed by atoms with Gasteiger partial charge in [-0.1, -0.05) is 36.5 Å². The molecule has 0 bridgehead atoms. The predicted octanol–water partition coefficient (Wildman–Crippen LogP) is 7.31. The van der Waals surface area contributed by atoms with Gasteiger partial charge in [-0.05, 0) is 41.5 Å². The first-order valence-electron chi connectivity index (χ1n) is 5.91. The van der Waals surface area contributed by atoms with E-state index in [2.05, 4.69) is 39.5 Å². The van der Waals surface area contributed by atoms with Gasteiger partial charge in [-0.3, -0.25) is 4.70 Å². The number of hydrogen-bond acceptors (Lipinski definition) is 0. The van der Waals surface area contributed by atoms with E-state index in [-0.39, 0.29) is 4.70 Å². The maximum absolute atomic E-state index is 3.36. The van der Waals surface area contributed by atoms with Gasteiger partial charge in [0.2, 0.25) is 0 Å². The van der Waals surface area contributed by atoms with E-state index in [1.807, 2.05) is 41.5 Å². The summed E-state index contributed by atoms with van der Waals surface area (Å²) in [6.45, 7) is 31.5. The molecule has 0 aromatic heterocycles. The van der Waals surface area contributed by atoms with Crippen molar-refractivity contribution in [1.29, 1.82) is 0 Å². The molecular weight excluding hydrogens is 235 g/mol. The molecular formula is C18H37F. The Balaban J connectivity index is -0.0000000180. The molecule has 0 aliphatic rings. The fraction of sp³-hybridized carbons (Fsp3) is 0.333. The van der Waals surface area contributed by atoms with Gasteiger partial charge in [0.1, 0.15) is 0 Å². The first kappa shape index (κ1) is 43.3. The van der Waals surface area contributed by atoms with Gasteiger partial charge < -0.3 is 0 Å². The zero-order valence-corrected chi connectivity index (χ0v) is 14.1. The normalized spacial score (nSPS) is 4.11. The summed E-state index contributed by atoms with van der Waals surface area (Å²) in [5.41, 5.74) is 0. The first-order valence-corrected chi connectivity index (χ1v) is 5.91. The molecule has 19 heavy (non-hydrogen) atoms. The average molecular weight is 272 g/mol. The van der Waals surface area contributed by atoms with Crippen LogP contribution in [0.5, 0.6) is 0 Å². The highest BCUT2D eigenvalue weighted by atomic mass is 19.0. The van der Waals surface area contributed by atoms with Crippen LogP contribution in [0.1, 0.15) is 41.5 Å². The second-order valence-corrected chi connectivity index (χ2v) is 2.45. The average Bonchev–Trinajstić information content (AvgIpc) is 2.23. The van der Waals surface area contributed by atoms with E-state index in [0.717, 1.165) is 0 Å². The fourth-order valence-electron chi connectivity index (χ4n) is 0.